The molecule has 5 nitrogen and oxygen atoms in total. The number of hydrogen-bond donors (Lipinski definition) is 1. The lowest BCUT2D eigenvalue weighted by molar-refractivity contribution is -0.113. The van der Waals surface area contributed by atoms with Crippen molar-refractivity contribution in [1.29, 1.82) is 0 Å². The van der Waals surface area contributed by atoms with Gasteiger partial charge < -0.3 is 9.88 Å². The number of rotatable bonds is 7. The van der Waals surface area contributed by atoms with Crippen molar-refractivity contribution in [1.82, 2.24) is 14.8 Å². The number of carbonyl (C=O) groups excluding carboxylic acids is 1. The molecule has 22 heavy (non-hydrogen) atoms. The third kappa shape index (κ3) is 3.57. The van der Waals surface area contributed by atoms with Crippen LogP contribution in [0.4, 0.5) is 5.69 Å². The Morgan fingerprint density at radius 2 is 2.14 bits per heavy atom. The Morgan fingerprint density at radius 3 is 2.82 bits per heavy atom. The van der Waals surface area contributed by atoms with E-state index >= 15 is 0 Å². The van der Waals surface area contributed by atoms with Crippen molar-refractivity contribution in [2.45, 2.75) is 30.5 Å². The van der Waals surface area contributed by atoms with Gasteiger partial charge in [-0.2, -0.15) is 0 Å². The standard InChI is InChI=1S/C16H18N4OS/c1-2-10-20-15(12-8-9-12)18-19-16(20)22-11-14(21)17-13-6-4-3-5-7-13/h2-7,12H,1,8-11H2,(H,17,21). The highest BCUT2D eigenvalue weighted by Gasteiger charge is 2.30. The van der Waals surface area contributed by atoms with Crippen molar-refractivity contribution in [3.8, 4) is 0 Å². The second kappa shape index (κ2) is 6.79. The maximum absolute atomic E-state index is 12.0. The molecule has 0 atom stereocenters. The Morgan fingerprint density at radius 1 is 1.36 bits per heavy atom. The monoisotopic (exact) mass is 314 g/mol. The average Bonchev–Trinajstić information content (AvgIpc) is 3.29. The molecule has 1 aliphatic rings. The fourth-order valence-corrected chi connectivity index (χ4v) is 2.95. The number of aromatic nitrogens is 3. The van der Waals surface area contributed by atoms with Crippen molar-refractivity contribution in [3.05, 3.63) is 48.8 Å². The predicted molar refractivity (Wildman–Crippen MR) is 88.0 cm³/mol. The molecule has 1 aliphatic carbocycles. The smallest absolute Gasteiger partial charge is 0.234 e. The molecule has 1 saturated carbocycles. The molecule has 2 aromatic rings. The number of allylic oxidation sites excluding steroid dienone is 1. The van der Waals surface area contributed by atoms with Crippen LogP contribution in [0.5, 0.6) is 0 Å². The zero-order chi connectivity index (χ0) is 15.4. The first-order valence-corrected chi connectivity index (χ1v) is 8.28. The number of thioether (sulfide) groups is 1. The molecule has 1 aromatic carbocycles. The van der Waals surface area contributed by atoms with Crippen LogP contribution in [0, 0.1) is 0 Å². The summed E-state index contributed by atoms with van der Waals surface area (Å²) in [6.07, 6.45) is 4.19. The van der Waals surface area contributed by atoms with Crippen LogP contribution in [0.15, 0.2) is 48.1 Å². The lowest BCUT2D eigenvalue weighted by Crippen LogP contribution is -2.14. The summed E-state index contributed by atoms with van der Waals surface area (Å²) in [6, 6.07) is 9.44. The van der Waals surface area contributed by atoms with Gasteiger partial charge in [-0.1, -0.05) is 36.0 Å². The molecule has 0 saturated heterocycles. The maximum Gasteiger partial charge on any atom is 0.234 e. The Labute approximate surface area is 133 Å². The van der Waals surface area contributed by atoms with Crippen LogP contribution in [0.25, 0.3) is 0 Å². The highest BCUT2D eigenvalue weighted by molar-refractivity contribution is 7.99. The normalized spacial score (nSPS) is 13.8. The Kier molecular flexibility index (Phi) is 4.58. The van der Waals surface area contributed by atoms with Crippen molar-refractivity contribution >= 4 is 23.4 Å². The van der Waals surface area contributed by atoms with Crippen molar-refractivity contribution < 1.29 is 4.79 Å². The molecule has 0 aliphatic heterocycles. The Bertz CT molecular complexity index is 664. The van der Waals surface area contributed by atoms with Gasteiger partial charge in [-0.15, -0.1) is 16.8 Å². The number of para-hydroxylation sites is 1. The molecular formula is C16H18N4OS. The molecule has 0 spiro atoms. The number of anilines is 1. The van der Waals surface area contributed by atoms with Gasteiger partial charge in [0.05, 0.1) is 5.75 Å². The molecule has 0 unspecified atom stereocenters. The van der Waals surface area contributed by atoms with Gasteiger partial charge in [-0.05, 0) is 25.0 Å². The molecule has 0 bridgehead atoms. The molecule has 3 rings (SSSR count). The minimum absolute atomic E-state index is 0.0441. The zero-order valence-corrected chi connectivity index (χ0v) is 13.1. The van der Waals surface area contributed by atoms with Gasteiger partial charge in [0.2, 0.25) is 5.91 Å². The summed E-state index contributed by atoms with van der Waals surface area (Å²) >= 11 is 1.41. The van der Waals surface area contributed by atoms with Crippen LogP contribution in [0.3, 0.4) is 0 Å². The van der Waals surface area contributed by atoms with Gasteiger partial charge in [0.25, 0.3) is 0 Å². The largest absolute Gasteiger partial charge is 0.325 e. The highest BCUT2D eigenvalue weighted by Crippen LogP contribution is 2.40. The highest BCUT2D eigenvalue weighted by atomic mass is 32.2. The number of hydrogen-bond acceptors (Lipinski definition) is 4. The van der Waals surface area contributed by atoms with Crippen molar-refractivity contribution in [2.75, 3.05) is 11.1 Å². The molecule has 1 amide bonds. The predicted octanol–water partition coefficient (Wildman–Crippen LogP) is 3.07. The van der Waals surface area contributed by atoms with E-state index < -0.39 is 0 Å². The van der Waals surface area contributed by atoms with Crippen LogP contribution in [-0.2, 0) is 11.3 Å². The number of benzene rings is 1. The van der Waals surface area contributed by atoms with E-state index in [-0.39, 0.29) is 5.91 Å². The van der Waals surface area contributed by atoms with Crippen molar-refractivity contribution in [3.63, 3.8) is 0 Å². The molecule has 114 valence electrons. The van der Waals surface area contributed by atoms with E-state index in [0.29, 0.717) is 18.2 Å². The van der Waals surface area contributed by atoms with Crippen LogP contribution >= 0.6 is 11.8 Å². The van der Waals surface area contributed by atoms with Crippen LogP contribution in [-0.4, -0.2) is 26.4 Å². The molecule has 1 fully saturated rings. The molecule has 1 N–H and O–H groups in total. The Balaban J connectivity index is 1.61. The molecule has 1 heterocycles. The quantitative estimate of drug-likeness (QED) is 0.630. The number of amides is 1. The van der Waals surface area contributed by atoms with E-state index in [0.717, 1.165) is 16.7 Å². The zero-order valence-electron chi connectivity index (χ0n) is 12.2. The number of nitrogens with zero attached hydrogens (tertiary/aromatic N) is 3. The summed E-state index contributed by atoms with van der Waals surface area (Å²) in [5, 5.41) is 12.1. The van der Waals surface area contributed by atoms with Gasteiger partial charge in [0.1, 0.15) is 5.82 Å². The van der Waals surface area contributed by atoms with Crippen LogP contribution in [0.2, 0.25) is 0 Å². The van der Waals surface area contributed by atoms with Crippen LogP contribution < -0.4 is 5.32 Å². The molecule has 1 aromatic heterocycles. The van der Waals surface area contributed by atoms with Gasteiger partial charge in [-0.3, -0.25) is 4.79 Å². The first kappa shape index (κ1) is 14.8. The van der Waals surface area contributed by atoms with Crippen LogP contribution in [0.1, 0.15) is 24.6 Å². The van der Waals surface area contributed by atoms with E-state index in [4.69, 9.17) is 0 Å². The summed E-state index contributed by atoms with van der Waals surface area (Å²) in [6.45, 7) is 4.47. The van der Waals surface area contributed by atoms with E-state index in [2.05, 4.69) is 26.7 Å². The van der Waals surface area contributed by atoms with Crippen molar-refractivity contribution in [2.24, 2.45) is 0 Å². The summed E-state index contributed by atoms with van der Waals surface area (Å²) < 4.78 is 2.06. The Hall–Kier alpha value is -2.08. The van der Waals surface area contributed by atoms with Gasteiger partial charge in [0, 0.05) is 18.2 Å². The third-order valence-electron chi connectivity index (χ3n) is 3.39. The third-order valence-corrected chi connectivity index (χ3v) is 4.36. The lowest BCUT2D eigenvalue weighted by Gasteiger charge is -2.07. The topological polar surface area (TPSA) is 59.8 Å². The lowest BCUT2D eigenvalue weighted by atomic mass is 10.3. The van der Waals surface area contributed by atoms with E-state index in [9.17, 15) is 4.79 Å². The van der Waals surface area contributed by atoms with Gasteiger partial charge in [-0.25, -0.2) is 0 Å². The molecular weight excluding hydrogens is 296 g/mol. The first-order valence-electron chi connectivity index (χ1n) is 7.29. The van der Waals surface area contributed by atoms with E-state index in [1.165, 1.54) is 24.6 Å². The van der Waals surface area contributed by atoms with E-state index in [1.54, 1.807) is 0 Å². The number of nitrogens with one attached hydrogen (secondary N) is 1. The minimum atomic E-state index is -0.0441. The summed E-state index contributed by atoms with van der Waals surface area (Å²) in [5.74, 6) is 1.82. The molecule has 0 radical (unpaired) electrons. The fourth-order valence-electron chi connectivity index (χ4n) is 2.20. The average molecular weight is 314 g/mol. The van der Waals surface area contributed by atoms with E-state index in [1.807, 2.05) is 36.4 Å². The fraction of sp³-hybridized carbons (Fsp3) is 0.312. The second-order valence-electron chi connectivity index (χ2n) is 5.22. The minimum Gasteiger partial charge on any atom is -0.325 e. The summed E-state index contributed by atoms with van der Waals surface area (Å²) in [4.78, 5) is 12.0. The SMILES string of the molecule is C=CCn1c(SCC(=O)Nc2ccccc2)nnc1C1CC1. The van der Waals surface area contributed by atoms with Gasteiger partial charge in [0.15, 0.2) is 5.16 Å². The first-order chi connectivity index (χ1) is 10.8. The second-order valence-corrected chi connectivity index (χ2v) is 6.16. The maximum atomic E-state index is 12.0. The molecule has 6 heteroatoms. The summed E-state index contributed by atoms with van der Waals surface area (Å²) in [7, 11) is 0. The summed E-state index contributed by atoms with van der Waals surface area (Å²) in [5.41, 5.74) is 0.805. The number of carbonyl (C=O) groups is 1. The van der Waals surface area contributed by atoms with Gasteiger partial charge >= 0.3 is 0 Å².